The molecule has 0 N–H and O–H groups in total. The lowest BCUT2D eigenvalue weighted by Crippen LogP contribution is -2.51. The van der Waals surface area contributed by atoms with Gasteiger partial charge in [-0.3, -0.25) is 14.4 Å². The van der Waals surface area contributed by atoms with Crippen molar-refractivity contribution < 1.29 is 28.6 Å². The van der Waals surface area contributed by atoms with E-state index in [2.05, 4.69) is 38.5 Å². The number of fused-ring (bicyclic) bond motifs is 1. The summed E-state index contributed by atoms with van der Waals surface area (Å²) in [6.07, 6.45) is 10.7. The Labute approximate surface area is 199 Å². The van der Waals surface area contributed by atoms with Gasteiger partial charge in [0, 0.05) is 6.92 Å². The number of hydrogen-bond donors (Lipinski definition) is 0. The first-order valence-electron chi connectivity index (χ1n) is 12.2. The summed E-state index contributed by atoms with van der Waals surface area (Å²) in [6.45, 7) is 11.3. The van der Waals surface area contributed by atoms with Gasteiger partial charge in [-0.2, -0.15) is 0 Å². The fourth-order valence-corrected chi connectivity index (χ4v) is 5.90. The second-order valence-corrected chi connectivity index (χ2v) is 10.3. The third-order valence-corrected chi connectivity index (χ3v) is 8.30. The number of carbonyl (C=O) groups is 3. The highest BCUT2D eigenvalue weighted by atomic mass is 16.5. The van der Waals surface area contributed by atoms with Crippen LogP contribution in [-0.2, 0) is 28.6 Å². The molecule has 0 aromatic rings. The van der Waals surface area contributed by atoms with E-state index in [0.29, 0.717) is 19.1 Å². The molecule has 0 aliphatic heterocycles. The molecule has 33 heavy (non-hydrogen) atoms. The van der Waals surface area contributed by atoms with Crippen molar-refractivity contribution in [3.63, 3.8) is 0 Å². The summed E-state index contributed by atoms with van der Waals surface area (Å²) in [4.78, 5) is 34.7. The van der Waals surface area contributed by atoms with Gasteiger partial charge in [0.2, 0.25) is 0 Å². The van der Waals surface area contributed by atoms with E-state index < -0.39 is 5.97 Å². The molecule has 0 aromatic carbocycles. The predicted octanol–water partition coefficient (Wildman–Crippen LogP) is 5.55. The standard InChI is InChI=1S/C27H42O6/c1-19(14-17-32-21(3)28)12-15-27(5)22(18-33-25(30)11-10-24(29)31-6)13-16-26(4)20(2)8-7-9-23(26)27/h8,14,22-23H,7,9-13,15-18H2,1-6H3. The zero-order chi connectivity index (χ0) is 24.6. The largest absolute Gasteiger partial charge is 0.469 e. The number of allylic oxidation sites excluding steroid dienone is 3. The van der Waals surface area contributed by atoms with E-state index in [1.165, 1.54) is 25.2 Å². The summed E-state index contributed by atoms with van der Waals surface area (Å²) in [5.41, 5.74) is 2.89. The second-order valence-electron chi connectivity index (χ2n) is 10.3. The molecule has 1 saturated carbocycles. The topological polar surface area (TPSA) is 78.9 Å². The van der Waals surface area contributed by atoms with Gasteiger partial charge in [-0.15, -0.1) is 0 Å². The van der Waals surface area contributed by atoms with Crippen LogP contribution in [0.1, 0.15) is 86.0 Å². The lowest BCUT2D eigenvalue weighted by molar-refractivity contribution is -0.154. The molecular weight excluding hydrogens is 420 g/mol. The Kier molecular flexibility index (Phi) is 9.74. The highest BCUT2D eigenvalue weighted by Gasteiger charge is 2.54. The minimum Gasteiger partial charge on any atom is -0.469 e. The van der Waals surface area contributed by atoms with Crippen LogP contribution in [0.2, 0.25) is 0 Å². The van der Waals surface area contributed by atoms with Gasteiger partial charge in [-0.05, 0) is 81.1 Å². The van der Waals surface area contributed by atoms with E-state index in [4.69, 9.17) is 9.47 Å². The molecule has 4 atom stereocenters. The van der Waals surface area contributed by atoms with Crippen LogP contribution >= 0.6 is 0 Å². The van der Waals surface area contributed by atoms with E-state index in [1.807, 2.05) is 6.08 Å². The quantitative estimate of drug-likeness (QED) is 0.241. The van der Waals surface area contributed by atoms with Gasteiger partial charge in [-0.1, -0.05) is 31.1 Å². The monoisotopic (exact) mass is 462 g/mol. The van der Waals surface area contributed by atoms with Gasteiger partial charge in [0.1, 0.15) is 6.61 Å². The Morgan fingerprint density at radius 1 is 1.06 bits per heavy atom. The Bertz CT molecular complexity index is 781. The maximum absolute atomic E-state index is 12.3. The van der Waals surface area contributed by atoms with Crippen LogP contribution in [0.25, 0.3) is 0 Å². The molecule has 186 valence electrons. The highest BCUT2D eigenvalue weighted by Crippen LogP contribution is 2.62. The van der Waals surface area contributed by atoms with Gasteiger partial charge in [-0.25, -0.2) is 0 Å². The molecule has 6 nitrogen and oxygen atoms in total. The zero-order valence-corrected chi connectivity index (χ0v) is 21.3. The third kappa shape index (κ3) is 6.94. The van der Waals surface area contributed by atoms with Crippen molar-refractivity contribution in [3.05, 3.63) is 23.3 Å². The smallest absolute Gasteiger partial charge is 0.306 e. The van der Waals surface area contributed by atoms with Crippen LogP contribution in [0.15, 0.2) is 23.3 Å². The van der Waals surface area contributed by atoms with Crippen molar-refractivity contribution >= 4 is 17.9 Å². The first kappa shape index (κ1) is 27.1. The Balaban J connectivity index is 2.13. The number of esters is 3. The Hall–Kier alpha value is -2.11. The summed E-state index contributed by atoms with van der Waals surface area (Å²) in [6, 6.07) is 0. The zero-order valence-electron chi connectivity index (χ0n) is 21.3. The molecule has 6 heteroatoms. The molecule has 2 rings (SSSR count). The number of hydrogen-bond acceptors (Lipinski definition) is 6. The average Bonchev–Trinajstić information content (AvgIpc) is 2.76. The summed E-state index contributed by atoms with van der Waals surface area (Å²) >= 11 is 0. The average molecular weight is 463 g/mol. The minimum atomic E-state index is -0.397. The lowest BCUT2D eigenvalue weighted by Gasteiger charge is -2.58. The molecule has 0 amide bonds. The maximum atomic E-state index is 12.3. The fourth-order valence-electron chi connectivity index (χ4n) is 5.90. The number of carbonyl (C=O) groups excluding carboxylic acids is 3. The summed E-state index contributed by atoms with van der Waals surface area (Å²) in [5.74, 6) is -0.222. The highest BCUT2D eigenvalue weighted by molar-refractivity contribution is 5.77. The molecule has 0 saturated heterocycles. The van der Waals surface area contributed by atoms with Crippen LogP contribution in [0, 0.1) is 22.7 Å². The van der Waals surface area contributed by atoms with E-state index in [-0.39, 0.29) is 41.5 Å². The van der Waals surface area contributed by atoms with Crippen molar-refractivity contribution in [3.8, 4) is 0 Å². The molecule has 0 bridgehead atoms. The van der Waals surface area contributed by atoms with Crippen LogP contribution in [-0.4, -0.2) is 38.2 Å². The van der Waals surface area contributed by atoms with Crippen molar-refractivity contribution in [2.24, 2.45) is 22.7 Å². The molecule has 2 aliphatic rings. The van der Waals surface area contributed by atoms with E-state index >= 15 is 0 Å². The lowest BCUT2D eigenvalue weighted by atomic mass is 9.46. The first-order chi connectivity index (χ1) is 15.5. The van der Waals surface area contributed by atoms with Crippen LogP contribution in [0.5, 0.6) is 0 Å². The van der Waals surface area contributed by atoms with Gasteiger partial charge >= 0.3 is 17.9 Å². The molecule has 0 aromatic heterocycles. The number of ether oxygens (including phenoxy) is 3. The van der Waals surface area contributed by atoms with Crippen molar-refractivity contribution in [1.29, 1.82) is 0 Å². The van der Waals surface area contributed by atoms with E-state index in [0.717, 1.165) is 38.5 Å². The van der Waals surface area contributed by atoms with Crippen molar-refractivity contribution in [2.75, 3.05) is 20.3 Å². The van der Waals surface area contributed by atoms with Crippen LogP contribution in [0.3, 0.4) is 0 Å². The van der Waals surface area contributed by atoms with Crippen LogP contribution in [0.4, 0.5) is 0 Å². The van der Waals surface area contributed by atoms with Crippen molar-refractivity contribution in [2.45, 2.75) is 86.0 Å². The Morgan fingerprint density at radius 2 is 1.76 bits per heavy atom. The van der Waals surface area contributed by atoms with Crippen LogP contribution < -0.4 is 0 Å². The van der Waals surface area contributed by atoms with E-state index in [1.54, 1.807) is 0 Å². The molecule has 1 fully saturated rings. The molecule has 2 aliphatic carbocycles. The van der Waals surface area contributed by atoms with Crippen molar-refractivity contribution in [1.82, 2.24) is 0 Å². The van der Waals surface area contributed by atoms with Gasteiger partial charge in [0.15, 0.2) is 0 Å². The fraction of sp³-hybridized carbons (Fsp3) is 0.741. The van der Waals surface area contributed by atoms with Gasteiger partial charge < -0.3 is 14.2 Å². The molecule has 0 spiro atoms. The second kappa shape index (κ2) is 11.8. The predicted molar refractivity (Wildman–Crippen MR) is 127 cm³/mol. The third-order valence-electron chi connectivity index (χ3n) is 8.30. The molecular formula is C27H42O6. The number of rotatable bonds is 10. The van der Waals surface area contributed by atoms with E-state index in [9.17, 15) is 14.4 Å². The maximum Gasteiger partial charge on any atom is 0.306 e. The number of methoxy groups -OCH3 is 1. The summed E-state index contributed by atoms with van der Waals surface area (Å²) in [7, 11) is 1.32. The summed E-state index contributed by atoms with van der Waals surface area (Å²) < 4.78 is 15.4. The minimum absolute atomic E-state index is 0.0156. The molecule has 4 unspecified atom stereocenters. The normalized spacial score (nSPS) is 29.5. The SMILES string of the molecule is COC(=O)CCC(=O)OCC1CCC2(C)C(C)=CCCC2C1(C)CCC(C)=CCOC(C)=O. The molecule has 0 heterocycles. The molecule has 0 radical (unpaired) electrons. The van der Waals surface area contributed by atoms with Gasteiger partial charge in [0.25, 0.3) is 0 Å². The first-order valence-corrected chi connectivity index (χ1v) is 12.2. The summed E-state index contributed by atoms with van der Waals surface area (Å²) in [5, 5.41) is 0. The van der Waals surface area contributed by atoms with Gasteiger partial charge in [0.05, 0.1) is 26.6 Å². The Morgan fingerprint density at radius 3 is 2.42 bits per heavy atom.